The molecule has 0 spiro atoms. The molecule has 29 heavy (non-hydrogen) atoms. The van der Waals surface area contributed by atoms with E-state index in [-0.39, 0.29) is 6.61 Å². The van der Waals surface area contributed by atoms with Gasteiger partial charge in [0.25, 0.3) is 0 Å². The molecule has 2 aromatic rings. The van der Waals surface area contributed by atoms with Crippen molar-refractivity contribution in [1.29, 1.82) is 0 Å². The van der Waals surface area contributed by atoms with Crippen molar-refractivity contribution in [3.05, 3.63) is 59.7 Å². The second-order valence-corrected chi connectivity index (χ2v) is 8.00. The highest BCUT2D eigenvalue weighted by Gasteiger charge is 2.26. The molecule has 0 radical (unpaired) electrons. The zero-order chi connectivity index (χ0) is 19.9. The molecule has 1 saturated heterocycles. The monoisotopic (exact) mass is 396 g/mol. The van der Waals surface area contributed by atoms with E-state index in [9.17, 15) is 5.11 Å². The van der Waals surface area contributed by atoms with E-state index in [4.69, 9.17) is 9.47 Å². The fourth-order valence-electron chi connectivity index (χ4n) is 4.39. The van der Waals surface area contributed by atoms with Gasteiger partial charge in [0.1, 0.15) is 13.2 Å². The van der Waals surface area contributed by atoms with Gasteiger partial charge in [-0.1, -0.05) is 36.4 Å². The van der Waals surface area contributed by atoms with Gasteiger partial charge in [-0.2, -0.15) is 0 Å². The number of fused-ring (bicyclic) bond motifs is 1. The van der Waals surface area contributed by atoms with Gasteiger partial charge in [-0.25, -0.2) is 0 Å². The van der Waals surface area contributed by atoms with Crippen LogP contribution >= 0.6 is 0 Å². The van der Waals surface area contributed by atoms with Crippen molar-refractivity contribution in [1.82, 2.24) is 9.80 Å². The van der Waals surface area contributed by atoms with Crippen LogP contribution < -0.4 is 9.47 Å². The van der Waals surface area contributed by atoms with Crippen molar-refractivity contribution in [3.8, 4) is 11.5 Å². The lowest BCUT2D eigenvalue weighted by molar-refractivity contribution is 0.0546. The Kier molecular flexibility index (Phi) is 7.04. The first-order valence-corrected chi connectivity index (χ1v) is 10.8. The number of rotatable bonds is 8. The van der Waals surface area contributed by atoms with Crippen LogP contribution in [0.25, 0.3) is 0 Å². The minimum atomic E-state index is 0.248. The predicted octanol–water partition coefficient (Wildman–Crippen LogP) is 2.96. The molecule has 1 N–H and O–H groups in total. The van der Waals surface area contributed by atoms with Crippen molar-refractivity contribution in [2.45, 2.75) is 31.8 Å². The molecule has 2 aliphatic heterocycles. The fraction of sp³-hybridized carbons (Fsp3) is 0.500. The second-order valence-electron chi connectivity index (χ2n) is 8.00. The molecule has 1 atom stereocenters. The van der Waals surface area contributed by atoms with E-state index in [0.29, 0.717) is 19.3 Å². The summed E-state index contributed by atoms with van der Waals surface area (Å²) in [6.07, 6.45) is 3.11. The minimum Gasteiger partial charge on any atom is -0.486 e. The third kappa shape index (κ3) is 5.50. The van der Waals surface area contributed by atoms with E-state index in [1.165, 1.54) is 11.1 Å². The number of aryl methyl sites for hydroxylation is 1. The van der Waals surface area contributed by atoms with Gasteiger partial charge in [0.2, 0.25) is 0 Å². The maximum absolute atomic E-state index is 9.57. The summed E-state index contributed by atoms with van der Waals surface area (Å²) in [5.41, 5.74) is 2.66. The van der Waals surface area contributed by atoms with E-state index in [1.807, 2.05) is 6.07 Å². The molecule has 4 rings (SSSR count). The molecule has 1 fully saturated rings. The molecule has 0 amide bonds. The third-order valence-electron chi connectivity index (χ3n) is 5.92. The maximum Gasteiger partial charge on any atom is 0.161 e. The molecule has 5 heteroatoms. The first-order chi connectivity index (χ1) is 14.3. The van der Waals surface area contributed by atoms with E-state index in [0.717, 1.165) is 63.5 Å². The standard InChI is InChI=1S/C24H32N2O3/c27-14-10-22-19-25(18-21-8-9-23-24(17-21)29-16-15-28-23)12-13-26(22)11-4-7-20-5-2-1-3-6-20/h1-3,5-6,8-9,17,22,27H,4,7,10-16,18-19H2/t22-/m0/s1. The molecular formula is C24H32N2O3. The van der Waals surface area contributed by atoms with Gasteiger partial charge >= 0.3 is 0 Å². The number of hydrogen-bond acceptors (Lipinski definition) is 5. The number of piperazine rings is 1. The number of ether oxygens (including phenoxy) is 2. The number of aliphatic hydroxyl groups excluding tert-OH is 1. The topological polar surface area (TPSA) is 45.2 Å². The van der Waals surface area contributed by atoms with E-state index >= 15 is 0 Å². The number of hydrogen-bond donors (Lipinski definition) is 1. The van der Waals surface area contributed by atoms with Gasteiger partial charge in [0.15, 0.2) is 11.5 Å². The minimum absolute atomic E-state index is 0.248. The van der Waals surface area contributed by atoms with Gasteiger partial charge in [0.05, 0.1) is 0 Å². The van der Waals surface area contributed by atoms with Crippen LogP contribution in [0.4, 0.5) is 0 Å². The molecule has 5 nitrogen and oxygen atoms in total. The van der Waals surface area contributed by atoms with Crippen molar-refractivity contribution in [2.24, 2.45) is 0 Å². The van der Waals surface area contributed by atoms with Gasteiger partial charge in [-0.05, 0) is 49.1 Å². The fourth-order valence-corrected chi connectivity index (χ4v) is 4.39. The molecule has 2 aliphatic rings. The first-order valence-electron chi connectivity index (χ1n) is 10.8. The Labute approximate surface area is 173 Å². The van der Waals surface area contributed by atoms with Crippen LogP contribution in [0.2, 0.25) is 0 Å². The van der Waals surface area contributed by atoms with Gasteiger partial charge in [-0.3, -0.25) is 9.80 Å². The Bertz CT molecular complexity index is 768. The Morgan fingerprint density at radius 1 is 0.931 bits per heavy atom. The molecule has 2 aromatic carbocycles. The Morgan fingerprint density at radius 3 is 2.59 bits per heavy atom. The largest absolute Gasteiger partial charge is 0.486 e. The molecular weight excluding hydrogens is 364 g/mol. The summed E-state index contributed by atoms with van der Waals surface area (Å²) in [6, 6.07) is 17.4. The average Bonchev–Trinajstić information content (AvgIpc) is 2.76. The SMILES string of the molecule is OCC[C@H]1CN(Cc2ccc3c(c2)OCCO3)CCN1CCCc1ccccc1. The van der Waals surface area contributed by atoms with Crippen LogP contribution in [0.1, 0.15) is 24.0 Å². The Morgan fingerprint density at radius 2 is 1.76 bits per heavy atom. The number of nitrogens with zero attached hydrogens (tertiary/aromatic N) is 2. The van der Waals surface area contributed by atoms with Crippen LogP contribution in [-0.4, -0.2) is 66.9 Å². The Hall–Kier alpha value is -2.08. The van der Waals surface area contributed by atoms with Crippen molar-refractivity contribution < 1.29 is 14.6 Å². The molecule has 0 saturated carbocycles. The predicted molar refractivity (Wildman–Crippen MR) is 115 cm³/mol. The van der Waals surface area contributed by atoms with Crippen LogP contribution in [0.3, 0.4) is 0 Å². The lowest BCUT2D eigenvalue weighted by Crippen LogP contribution is -2.53. The summed E-state index contributed by atoms with van der Waals surface area (Å²) in [5.74, 6) is 1.71. The van der Waals surface area contributed by atoms with Crippen LogP contribution in [0, 0.1) is 0 Å². The van der Waals surface area contributed by atoms with Gasteiger partial charge in [-0.15, -0.1) is 0 Å². The van der Waals surface area contributed by atoms with Crippen molar-refractivity contribution in [2.75, 3.05) is 46.0 Å². The quantitative estimate of drug-likeness (QED) is 0.743. The summed E-state index contributed by atoms with van der Waals surface area (Å²) >= 11 is 0. The molecule has 0 aliphatic carbocycles. The van der Waals surface area contributed by atoms with Gasteiger partial charge in [0, 0.05) is 38.8 Å². The van der Waals surface area contributed by atoms with Crippen LogP contribution in [-0.2, 0) is 13.0 Å². The lowest BCUT2D eigenvalue weighted by atomic mass is 10.1. The smallest absolute Gasteiger partial charge is 0.161 e. The summed E-state index contributed by atoms with van der Waals surface area (Å²) in [7, 11) is 0. The van der Waals surface area contributed by atoms with Crippen LogP contribution in [0.15, 0.2) is 48.5 Å². The third-order valence-corrected chi connectivity index (χ3v) is 5.92. The lowest BCUT2D eigenvalue weighted by Gasteiger charge is -2.41. The van der Waals surface area contributed by atoms with E-state index in [2.05, 4.69) is 52.3 Å². The molecule has 0 aromatic heterocycles. The summed E-state index contributed by atoms with van der Waals surface area (Å²) in [5, 5.41) is 9.57. The zero-order valence-corrected chi connectivity index (χ0v) is 17.1. The highest BCUT2D eigenvalue weighted by Crippen LogP contribution is 2.31. The Balaban J connectivity index is 1.30. The number of aliphatic hydroxyl groups is 1. The number of benzene rings is 2. The summed E-state index contributed by atoms with van der Waals surface area (Å²) in [4.78, 5) is 5.07. The molecule has 0 unspecified atom stereocenters. The molecule has 156 valence electrons. The van der Waals surface area contributed by atoms with Crippen molar-refractivity contribution >= 4 is 0 Å². The van der Waals surface area contributed by atoms with Crippen LogP contribution in [0.5, 0.6) is 11.5 Å². The zero-order valence-electron chi connectivity index (χ0n) is 17.1. The highest BCUT2D eigenvalue weighted by atomic mass is 16.6. The highest BCUT2D eigenvalue weighted by molar-refractivity contribution is 5.43. The first kappa shape index (κ1) is 20.2. The maximum atomic E-state index is 9.57. The average molecular weight is 397 g/mol. The van der Waals surface area contributed by atoms with E-state index in [1.54, 1.807) is 0 Å². The van der Waals surface area contributed by atoms with Gasteiger partial charge < -0.3 is 14.6 Å². The molecule has 0 bridgehead atoms. The van der Waals surface area contributed by atoms with E-state index < -0.39 is 0 Å². The summed E-state index contributed by atoms with van der Waals surface area (Å²) in [6.45, 7) is 6.62. The molecule has 2 heterocycles. The summed E-state index contributed by atoms with van der Waals surface area (Å²) < 4.78 is 11.4. The normalized spacial score (nSPS) is 20.0. The second kappa shape index (κ2) is 10.1. The van der Waals surface area contributed by atoms with Crippen molar-refractivity contribution in [3.63, 3.8) is 0 Å².